The van der Waals surface area contributed by atoms with Gasteiger partial charge in [0.1, 0.15) is 0 Å². The maximum atomic E-state index is 12.5. The fraction of sp³-hybridized carbons (Fsp3) is 0.318. The van der Waals surface area contributed by atoms with Crippen LogP contribution < -0.4 is 10.6 Å². The minimum absolute atomic E-state index is 0.0505. The van der Waals surface area contributed by atoms with Gasteiger partial charge < -0.3 is 15.5 Å². The zero-order valence-corrected chi connectivity index (χ0v) is 17.9. The van der Waals surface area contributed by atoms with Gasteiger partial charge in [-0.3, -0.25) is 14.4 Å². The van der Waals surface area contributed by atoms with Gasteiger partial charge in [-0.1, -0.05) is 47.5 Å². The number of carbonyl (C=O) groups excluding carboxylic acids is 3. The second kappa shape index (κ2) is 10.5. The molecule has 6 nitrogen and oxygen atoms in total. The van der Waals surface area contributed by atoms with E-state index in [0.717, 1.165) is 5.56 Å². The van der Waals surface area contributed by atoms with Crippen LogP contribution in [0.2, 0.25) is 10.0 Å². The lowest BCUT2D eigenvalue weighted by molar-refractivity contribution is -0.134. The van der Waals surface area contributed by atoms with Crippen LogP contribution in [-0.2, 0) is 16.1 Å². The van der Waals surface area contributed by atoms with E-state index in [-0.39, 0.29) is 30.2 Å². The zero-order chi connectivity index (χ0) is 21.5. The van der Waals surface area contributed by atoms with Crippen LogP contribution in [0.15, 0.2) is 48.5 Å². The Kier molecular flexibility index (Phi) is 7.71. The van der Waals surface area contributed by atoms with Gasteiger partial charge in [-0.15, -0.1) is 0 Å². The third kappa shape index (κ3) is 5.97. The molecule has 1 aliphatic heterocycles. The maximum absolute atomic E-state index is 12.5. The molecular formula is C22H23Cl2N3O3. The van der Waals surface area contributed by atoms with E-state index in [9.17, 15) is 14.4 Å². The number of amides is 3. The van der Waals surface area contributed by atoms with E-state index in [1.807, 2.05) is 6.07 Å². The average Bonchev–Trinajstić information content (AvgIpc) is 2.77. The lowest BCUT2D eigenvalue weighted by Crippen LogP contribution is -2.46. The molecule has 0 aromatic heterocycles. The second-order valence-corrected chi connectivity index (χ2v) is 8.00. The Hall–Kier alpha value is -2.57. The molecule has 0 bridgehead atoms. The Labute approximate surface area is 185 Å². The first kappa shape index (κ1) is 22.1. The topological polar surface area (TPSA) is 78.5 Å². The molecule has 0 aliphatic carbocycles. The first-order chi connectivity index (χ1) is 14.4. The van der Waals surface area contributed by atoms with Crippen LogP contribution in [0, 0.1) is 5.92 Å². The van der Waals surface area contributed by atoms with Crippen LogP contribution in [0.4, 0.5) is 0 Å². The standard InChI is InChI=1S/C22H23Cl2N3O3/c23-18-7-6-17(19(24)12-18)13-25-22(30)16-8-10-27(11-9-16)20(28)14-26-21(29)15-4-2-1-3-5-15/h1-7,12,16H,8-11,13-14H2,(H,25,30)(H,26,29). The highest BCUT2D eigenvalue weighted by Crippen LogP contribution is 2.22. The number of nitrogens with zero attached hydrogens (tertiary/aromatic N) is 1. The van der Waals surface area contributed by atoms with Gasteiger partial charge in [0, 0.05) is 41.2 Å². The molecular weight excluding hydrogens is 425 g/mol. The highest BCUT2D eigenvalue weighted by molar-refractivity contribution is 6.35. The predicted molar refractivity (Wildman–Crippen MR) is 116 cm³/mol. The van der Waals surface area contributed by atoms with Gasteiger partial charge in [0.05, 0.1) is 6.54 Å². The van der Waals surface area contributed by atoms with Crippen molar-refractivity contribution >= 4 is 40.9 Å². The zero-order valence-electron chi connectivity index (χ0n) is 16.4. The van der Waals surface area contributed by atoms with Crippen molar-refractivity contribution in [2.45, 2.75) is 19.4 Å². The molecule has 1 aliphatic rings. The molecule has 1 heterocycles. The molecule has 1 saturated heterocycles. The Morgan fingerprint density at radius 1 is 0.967 bits per heavy atom. The second-order valence-electron chi connectivity index (χ2n) is 7.16. The van der Waals surface area contributed by atoms with Crippen LogP contribution in [0.3, 0.4) is 0 Å². The summed E-state index contributed by atoms with van der Waals surface area (Å²) in [6.45, 7) is 1.25. The van der Waals surface area contributed by atoms with Crippen molar-refractivity contribution in [2.75, 3.05) is 19.6 Å². The van der Waals surface area contributed by atoms with Gasteiger partial charge in [0.25, 0.3) is 5.91 Å². The summed E-state index contributed by atoms with van der Waals surface area (Å²) in [6.07, 6.45) is 1.16. The van der Waals surface area contributed by atoms with Gasteiger partial charge in [0.2, 0.25) is 11.8 Å². The summed E-state index contributed by atoms with van der Waals surface area (Å²) in [4.78, 5) is 38.6. The minimum Gasteiger partial charge on any atom is -0.352 e. The average molecular weight is 448 g/mol. The van der Waals surface area contributed by atoms with Crippen molar-refractivity contribution in [3.05, 3.63) is 69.7 Å². The van der Waals surface area contributed by atoms with Gasteiger partial charge in [-0.05, 0) is 42.7 Å². The monoisotopic (exact) mass is 447 g/mol. The van der Waals surface area contributed by atoms with Crippen LogP contribution in [0.5, 0.6) is 0 Å². The fourth-order valence-electron chi connectivity index (χ4n) is 3.34. The number of halogens is 2. The summed E-state index contributed by atoms with van der Waals surface area (Å²) >= 11 is 12.0. The number of rotatable bonds is 6. The van der Waals surface area contributed by atoms with Crippen molar-refractivity contribution in [3.8, 4) is 0 Å². The molecule has 2 aromatic rings. The summed E-state index contributed by atoms with van der Waals surface area (Å²) in [6, 6.07) is 13.9. The summed E-state index contributed by atoms with van der Waals surface area (Å²) < 4.78 is 0. The van der Waals surface area contributed by atoms with E-state index < -0.39 is 0 Å². The summed E-state index contributed by atoms with van der Waals surface area (Å²) in [5.74, 6) is -0.630. The van der Waals surface area contributed by atoms with Crippen LogP contribution >= 0.6 is 23.2 Å². The summed E-state index contributed by atoms with van der Waals surface area (Å²) in [7, 11) is 0. The summed E-state index contributed by atoms with van der Waals surface area (Å²) in [5.41, 5.74) is 1.32. The normalized spacial score (nSPS) is 14.3. The third-order valence-corrected chi connectivity index (χ3v) is 5.71. The first-order valence-electron chi connectivity index (χ1n) is 9.76. The van der Waals surface area contributed by atoms with Gasteiger partial charge in [-0.2, -0.15) is 0 Å². The molecule has 3 amide bonds. The lowest BCUT2D eigenvalue weighted by Gasteiger charge is -2.31. The van der Waals surface area contributed by atoms with Crippen molar-refractivity contribution in [1.82, 2.24) is 15.5 Å². The fourth-order valence-corrected chi connectivity index (χ4v) is 3.82. The number of likely N-dealkylation sites (tertiary alicyclic amines) is 1. The van der Waals surface area contributed by atoms with Crippen molar-refractivity contribution in [1.29, 1.82) is 0 Å². The van der Waals surface area contributed by atoms with Crippen molar-refractivity contribution in [3.63, 3.8) is 0 Å². The smallest absolute Gasteiger partial charge is 0.251 e. The van der Waals surface area contributed by atoms with E-state index in [2.05, 4.69) is 10.6 Å². The molecule has 0 saturated carbocycles. The van der Waals surface area contributed by atoms with E-state index in [1.54, 1.807) is 47.4 Å². The van der Waals surface area contributed by atoms with Crippen molar-refractivity contribution in [2.24, 2.45) is 5.92 Å². The predicted octanol–water partition coefficient (Wildman–Crippen LogP) is 3.28. The molecule has 2 N–H and O–H groups in total. The minimum atomic E-state index is -0.279. The van der Waals surface area contributed by atoms with Crippen LogP contribution in [-0.4, -0.2) is 42.3 Å². The number of nitrogens with one attached hydrogen (secondary N) is 2. The molecule has 0 radical (unpaired) electrons. The number of carbonyl (C=O) groups is 3. The lowest BCUT2D eigenvalue weighted by atomic mass is 9.95. The first-order valence-corrected chi connectivity index (χ1v) is 10.5. The maximum Gasteiger partial charge on any atom is 0.251 e. The Balaban J connectivity index is 1.40. The molecule has 0 unspecified atom stereocenters. The summed E-state index contributed by atoms with van der Waals surface area (Å²) in [5, 5.41) is 6.61. The molecule has 1 fully saturated rings. The van der Waals surface area contributed by atoms with Gasteiger partial charge in [-0.25, -0.2) is 0 Å². The molecule has 0 spiro atoms. The van der Waals surface area contributed by atoms with E-state index in [0.29, 0.717) is 48.1 Å². The SMILES string of the molecule is O=C(NCC(=O)N1CCC(C(=O)NCc2ccc(Cl)cc2Cl)CC1)c1ccccc1. The van der Waals surface area contributed by atoms with E-state index >= 15 is 0 Å². The number of benzene rings is 2. The Bertz CT molecular complexity index is 913. The largest absolute Gasteiger partial charge is 0.352 e. The molecule has 2 aromatic carbocycles. The van der Waals surface area contributed by atoms with E-state index in [4.69, 9.17) is 23.2 Å². The molecule has 30 heavy (non-hydrogen) atoms. The third-order valence-electron chi connectivity index (χ3n) is 5.12. The van der Waals surface area contributed by atoms with Gasteiger partial charge in [0.15, 0.2) is 0 Å². The highest BCUT2D eigenvalue weighted by atomic mass is 35.5. The van der Waals surface area contributed by atoms with Gasteiger partial charge >= 0.3 is 0 Å². The van der Waals surface area contributed by atoms with Crippen LogP contribution in [0.1, 0.15) is 28.8 Å². The van der Waals surface area contributed by atoms with Crippen molar-refractivity contribution < 1.29 is 14.4 Å². The number of hydrogen-bond donors (Lipinski definition) is 2. The highest BCUT2D eigenvalue weighted by Gasteiger charge is 2.27. The molecule has 158 valence electrons. The molecule has 3 rings (SSSR count). The molecule has 0 atom stereocenters. The molecule has 8 heteroatoms. The van der Waals surface area contributed by atoms with Crippen LogP contribution in [0.25, 0.3) is 0 Å². The Morgan fingerprint density at radius 2 is 1.67 bits per heavy atom. The Morgan fingerprint density at radius 3 is 2.33 bits per heavy atom. The number of hydrogen-bond acceptors (Lipinski definition) is 3. The number of piperidine rings is 1. The quantitative estimate of drug-likeness (QED) is 0.712. The van der Waals surface area contributed by atoms with E-state index in [1.165, 1.54) is 0 Å².